The highest BCUT2D eigenvalue weighted by Crippen LogP contribution is 2.52. The van der Waals surface area contributed by atoms with Gasteiger partial charge in [-0.2, -0.15) is 10.3 Å². The van der Waals surface area contributed by atoms with Crippen molar-refractivity contribution in [1.29, 1.82) is 0 Å². The van der Waals surface area contributed by atoms with Gasteiger partial charge in [-0.3, -0.25) is 5.32 Å². The molecule has 1 fully saturated rings. The molecule has 1 aliphatic rings. The van der Waals surface area contributed by atoms with Crippen molar-refractivity contribution in [3.63, 3.8) is 0 Å². The molecule has 0 bridgehead atoms. The minimum atomic E-state index is -0.825. The molecular weight excluding hydrogens is 521 g/mol. The van der Waals surface area contributed by atoms with Crippen molar-refractivity contribution in [2.24, 2.45) is 0 Å². The minimum absolute atomic E-state index is 0.125. The maximum Gasteiger partial charge on any atom is 0.413 e. The third-order valence-electron chi connectivity index (χ3n) is 6.98. The van der Waals surface area contributed by atoms with Crippen LogP contribution in [0.4, 0.5) is 15.0 Å². The molecule has 0 radical (unpaired) electrons. The molecule has 5 aromatic rings. The number of nitrogens with zero attached hydrogens (tertiary/aromatic N) is 5. The van der Waals surface area contributed by atoms with Crippen molar-refractivity contribution in [3.8, 4) is 16.8 Å². The Morgan fingerprint density at radius 3 is 2.41 bits per heavy atom. The van der Waals surface area contributed by atoms with Crippen molar-refractivity contribution < 1.29 is 13.9 Å². The number of anilines is 1. The molecule has 0 aliphatic heterocycles. The second kappa shape index (κ2) is 9.95. The summed E-state index contributed by atoms with van der Waals surface area (Å²) >= 11 is 6.19. The quantitative estimate of drug-likeness (QED) is 0.251. The summed E-state index contributed by atoms with van der Waals surface area (Å²) in [5.41, 5.74) is 4.22. The number of halogens is 2. The number of carbonyl (C=O) groups is 1. The van der Waals surface area contributed by atoms with Crippen LogP contribution in [0.2, 0.25) is 5.02 Å². The van der Waals surface area contributed by atoms with E-state index in [2.05, 4.69) is 55.3 Å². The number of benzene rings is 3. The highest BCUT2D eigenvalue weighted by molar-refractivity contribution is 6.31. The zero-order valence-electron chi connectivity index (χ0n) is 20.8. The maximum absolute atomic E-state index is 14.6. The topological polar surface area (TPSA) is 111 Å². The molecular formula is C28H23ClFN7O2. The van der Waals surface area contributed by atoms with E-state index in [9.17, 15) is 9.18 Å². The molecule has 1 atom stereocenters. The molecule has 1 aliphatic carbocycles. The van der Waals surface area contributed by atoms with E-state index in [1.165, 1.54) is 4.68 Å². The number of aromatic amines is 1. The summed E-state index contributed by atoms with van der Waals surface area (Å²) in [4.78, 5) is 12.6. The second-order valence-electron chi connectivity index (χ2n) is 9.39. The summed E-state index contributed by atoms with van der Waals surface area (Å²) in [6, 6.07) is 22.8. The summed E-state index contributed by atoms with van der Waals surface area (Å²) < 4.78 is 21.3. The standard InChI is InChI=1S/C28H23ClFN7O2/c1-17(22-4-2-3-5-23(22)29)39-27(38)32-25-24(30)16-31-37(25)21-12-8-19(9-13-21)18-6-10-20(11-7-18)28(14-15-28)26-33-35-36-34-26/h2-13,16-17H,14-15H2,1H3,(H,32,38)(H,33,34,35,36). The van der Waals surface area contributed by atoms with Crippen LogP contribution in [-0.4, -0.2) is 36.5 Å². The van der Waals surface area contributed by atoms with Crippen molar-refractivity contribution in [3.05, 3.63) is 107 Å². The second-order valence-corrected chi connectivity index (χ2v) is 9.80. The lowest BCUT2D eigenvalue weighted by Crippen LogP contribution is -2.19. The van der Waals surface area contributed by atoms with E-state index in [0.717, 1.165) is 41.6 Å². The number of nitrogens with one attached hydrogen (secondary N) is 2. The van der Waals surface area contributed by atoms with E-state index >= 15 is 0 Å². The zero-order chi connectivity index (χ0) is 27.0. The van der Waals surface area contributed by atoms with Gasteiger partial charge in [0.2, 0.25) is 0 Å². The van der Waals surface area contributed by atoms with Crippen LogP contribution in [0.15, 0.2) is 79.0 Å². The summed E-state index contributed by atoms with van der Waals surface area (Å²) in [5.74, 6) is -0.0926. The van der Waals surface area contributed by atoms with Gasteiger partial charge in [0.1, 0.15) is 6.10 Å². The first-order chi connectivity index (χ1) is 18.9. The minimum Gasteiger partial charge on any atom is -0.441 e. The number of amides is 1. The summed E-state index contributed by atoms with van der Waals surface area (Å²) in [6.07, 6.45) is 1.56. The van der Waals surface area contributed by atoms with Gasteiger partial charge in [-0.05, 0) is 54.7 Å². The fourth-order valence-electron chi connectivity index (χ4n) is 4.70. The number of rotatable bonds is 7. The van der Waals surface area contributed by atoms with Crippen molar-refractivity contribution in [2.75, 3.05) is 5.32 Å². The number of ether oxygens (including phenoxy) is 1. The monoisotopic (exact) mass is 543 g/mol. The van der Waals surface area contributed by atoms with Gasteiger partial charge in [0.05, 0.1) is 17.3 Å². The predicted molar refractivity (Wildman–Crippen MR) is 143 cm³/mol. The van der Waals surface area contributed by atoms with E-state index in [-0.39, 0.29) is 11.2 Å². The molecule has 2 N–H and O–H groups in total. The largest absolute Gasteiger partial charge is 0.441 e. The van der Waals surface area contributed by atoms with Gasteiger partial charge in [-0.1, -0.05) is 71.4 Å². The van der Waals surface area contributed by atoms with E-state index < -0.39 is 18.0 Å². The van der Waals surface area contributed by atoms with Gasteiger partial charge in [0.25, 0.3) is 0 Å². The van der Waals surface area contributed by atoms with Crippen LogP contribution in [0.25, 0.3) is 16.8 Å². The molecule has 3 aromatic carbocycles. The Bertz CT molecular complexity index is 1610. The van der Waals surface area contributed by atoms with Crippen LogP contribution < -0.4 is 5.32 Å². The maximum atomic E-state index is 14.6. The molecule has 2 heterocycles. The van der Waals surface area contributed by atoms with E-state index in [4.69, 9.17) is 16.3 Å². The predicted octanol–water partition coefficient (Wildman–Crippen LogP) is 6.23. The smallest absolute Gasteiger partial charge is 0.413 e. The van der Waals surface area contributed by atoms with Crippen molar-refractivity contribution in [2.45, 2.75) is 31.3 Å². The van der Waals surface area contributed by atoms with Crippen LogP contribution in [0.5, 0.6) is 0 Å². The van der Waals surface area contributed by atoms with Gasteiger partial charge in [-0.25, -0.2) is 13.9 Å². The first-order valence-corrected chi connectivity index (χ1v) is 12.7. The number of aromatic nitrogens is 6. The number of H-pyrrole nitrogens is 1. The fourth-order valence-corrected chi connectivity index (χ4v) is 4.99. The molecule has 9 nitrogen and oxygen atoms in total. The average molecular weight is 544 g/mol. The Balaban J connectivity index is 1.17. The number of tetrazole rings is 1. The van der Waals surface area contributed by atoms with Crippen LogP contribution in [-0.2, 0) is 10.2 Å². The molecule has 1 saturated carbocycles. The number of hydrogen-bond donors (Lipinski definition) is 2. The Kier molecular flexibility index (Phi) is 6.32. The first-order valence-electron chi connectivity index (χ1n) is 12.4. The molecule has 1 amide bonds. The molecule has 0 spiro atoms. The lowest BCUT2D eigenvalue weighted by molar-refractivity contribution is 0.121. The number of hydrogen-bond acceptors (Lipinski definition) is 6. The van der Waals surface area contributed by atoms with Crippen molar-refractivity contribution >= 4 is 23.5 Å². The zero-order valence-corrected chi connectivity index (χ0v) is 21.6. The van der Waals surface area contributed by atoms with E-state index in [0.29, 0.717) is 16.3 Å². The van der Waals surface area contributed by atoms with Crippen LogP contribution in [0, 0.1) is 5.82 Å². The first kappa shape index (κ1) is 24.7. The summed E-state index contributed by atoms with van der Waals surface area (Å²) in [7, 11) is 0. The van der Waals surface area contributed by atoms with Gasteiger partial charge in [0.15, 0.2) is 17.5 Å². The highest BCUT2D eigenvalue weighted by atomic mass is 35.5. The summed E-state index contributed by atoms with van der Waals surface area (Å²) in [5, 5.41) is 21.6. The molecule has 39 heavy (non-hydrogen) atoms. The Labute approximate surface area is 228 Å². The molecule has 1 unspecified atom stereocenters. The molecule has 2 aromatic heterocycles. The van der Waals surface area contributed by atoms with Crippen LogP contribution in [0.1, 0.15) is 42.8 Å². The fraction of sp³-hybridized carbons (Fsp3) is 0.179. The third-order valence-corrected chi connectivity index (χ3v) is 7.32. The third kappa shape index (κ3) is 4.74. The van der Waals surface area contributed by atoms with Gasteiger partial charge in [-0.15, -0.1) is 10.2 Å². The normalized spacial score (nSPS) is 14.5. The molecule has 6 rings (SSSR count). The van der Waals surface area contributed by atoms with Gasteiger partial charge < -0.3 is 4.74 Å². The van der Waals surface area contributed by atoms with Gasteiger partial charge in [0, 0.05) is 10.6 Å². The number of carbonyl (C=O) groups excluding carboxylic acids is 1. The van der Waals surface area contributed by atoms with Crippen LogP contribution >= 0.6 is 11.6 Å². The van der Waals surface area contributed by atoms with E-state index in [1.54, 1.807) is 43.3 Å². The highest BCUT2D eigenvalue weighted by Gasteiger charge is 2.49. The Morgan fingerprint density at radius 2 is 1.77 bits per heavy atom. The van der Waals surface area contributed by atoms with Crippen molar-refractivity contribution in [1.82, 2.24) is 30.4 Å². The molecule has 0 saturated heterocycles. The van der Waals surface area contributed by atoms with E-state index in [1.807, 2.05) is 12.1 Å². The summed E-state index contributed by atoms with van der Waals surface area (Å²) in [6.45, 7) is 1.69. The SMILES string of the molecule is CC(OC(=O)Nc1c(F)cnn1-c1ccc(-c2ccc(C3(c4nn[nH]n4)CC3)cc2)cc1)c1ccccc1Cl. The molecule has 196 valence electrons. The lowest BCUT2D eigenvalue weighted by Gasteiger charge is -2.16. The average Bonchev–Trinajstić information content (AvgIpc) is 3.40. The lowest BCUT2D eigenvalue weighted by atomic mass is 9.93. The van der Waals surface area contributed by atoms with Crippen LogP contribution in [0.3, 0.4) is 0 Å². The Hall–Kier alpha value is -4.57. The Morgan fingerprint density at radius 1 is 1.08 bits per heavy atom. The molecule has 11 heteroatoms. The van der Waals surface area contributed by atoms with Gasteiger partial charge >= 0.3 is 6.09 Å².